The molecule has 0 aliphatic carbocycles. The first-order valence-corrected chi connectivity index (χ1v) is 9.86. The third-order valence-corrected chi connectivity index (χ3v) is 5.17. The summed E-state index contributed by atoms with van der Waals surface area (Å²) in [5.74, 6) is 0.647. The molecule has 9 heteroatoms. The first-order valence-electron chi connectivity index (χ1n) is 9.48. The molecule has 164 valence electrons. The number of guanidine groups is 1. The monoisotopic (exact) mass is 548 g/mol. The zero-order valence-electron chi connectivity index (χ0n) is 17.0. The molecule has 2 atom stereocenters. The van der Waals surface area contributed by atoms with E-state index in [-0.39, 0.29) is 54.4 Å². The number of aliphatic imine (C=N–C) groups is 1. The van der Waals surface area contributed by atoms with Crippen molar-refractivity contribution in [3.05, 3.63) is 58.9 Å². The number of halogens is 3. The summed E-state index contributed by atoms with van der Waals surface area (Å²) in [7, 11) is 1.61. The van der Waals surface area contributed by atoms with Crippen molar-refractivity contribution in [2.75, 3.05) is 38.7 Å². The van der Waals surface area contributed by atoms with E-state index < -0.39 is 0 Å². The molecule has 1 saturated heterocycles. The maximum Gasteiger partial charge on any atom is 0.193 e. The predicted octanol–water partition coefficient (Wildman–Crippen LogP) is 4.29. The van der Waals surface area contributed by atoms with Gasteiger partial charge in [-0.05, 0) is 43.3 Å². The van der Waals surface area contributed by atoms with Crippen molar-refractivity contribution in [2.45, 2.75) is 19.1 Å². The number of anilines is 1. The maximum atomic E-state index is 14.6. The number of nitrogens with two attached hydrogens (primary N) is 1. The topological polar surface area (TPSA) is 72.1 Å². The first-order chi connectivity index (χ1) is 14.0. The first kappa shape index (κ1) is 24.6. The van der Waals surface area contributed by atoms with Crippen molar-refractivity contribution in [3.63, 3.8) is 0 Å². The van der Waals surface area contributed by atoms with Crippen molar-refractivity contribution in [1.29, 1.82) is 0 Å². The molecule has 3 N–H and O–H groups in total. The summed E-state index contributed by atoms with van der Waals surface area (Å²) >= 11 is 6.35. The lowest BCUT2D eigenvalue weighted by Gasteiger charge is -2.37. The maximum absolute atomic E-state index is 14.6. The van der Waals surface area contributed by atoms with Gasteiger partial charge in [-0.25, -0.2) is 4.39 Å². The Morgan fingerprint density at radius 1 is 1.37 bits per heavy atom. The summed E-state index contributed by atoms with van der Waals surface area (Å²) in [5, 5.41) is 3.42. The van der Waals surface area contributed by atoms with Gasteiger partial charge in [0.05, 0.1) is 32.4 Å². The minimum Gasteiger partial charge on any atom is -0.497 e. The Morgan fingerprint density at radius 3 is 2.73 bits per heavy atom. The highest BCUT2D eigenvalue weighted by molar-refractivity contribution is 14.0. The highest BCUT2D eigenvalue weighted by Crippen LogP contribution is 2.31. The summed E-state index contributed by atoms with van der Waals surface area (Å²) in [6.45, 7) is 4.17. The van der Waals surface area contributed by atoms with E-state index in [4.69, 9.17) is 26.8 Å². The molecule has 0 amide bonds. The van der Waals surface area contributed by atoms with Gasteiger partial charge < -0.3 is 20.5 Å². The van der Waals surface area contributed by atoms with Crippen LogP contribution < -0.4 is 15.8 Å². The lowest BCUT2D eigenvalue weighted by molar-refractivity contribution is -0.0336. The molecule has 1 fully saturated rings. The molecule has 0 spiro atoms. The Kier molecular flexibility index (Phi) is 9.60. The Labute approximate surface area is 198 Å². The van der Waals surface area contributed by atoms with Crippen LogP contribution >= 0.6 is 35.6 Å². The van der Waals surface area contributed by atoms with Gasteiger partial charge >= 0.3 is 0 Å². The standard InChI is InChI=1S/C21H26ClFN4O2.HI/c1-14-13-27(10-11-29-14)19(20-17(22)4-3-5-18(20)23)12-25-21(24)26-15-6-8-16(28-2)9-7-15;/h3-9,14,19H,10-13H2,1-2H3,(H3,24,25,26);1H. The molecule has 1 heterocycles. The molecule has 2 aromatic carbocycles. The number of rotatable bonds is 6. The Hall–Kier alpha value is -1.62. The van der Waals surface area contributed by atoms with Crippen molar-refractivity contribution < 1.29 is 13.9 Å². The van der Waals surface area contributed by atoms with Gasteiger partial charge in [-0.2, -0.15) is 0 Å². The molecule has 6 nitrogen and oxygen atoms in total. The highest BCUT2D eigenvalue weighted by atomic mass is 127. The minimum atomic E-state index is -0.349. The zero-order valence-corrected chi connectivity index (χ0v) is 20.1. The smallest absolute Gasteiger partial charge is 0.193 e. The molecule has 2 aromatic rings. The van der Waals surface area contributed by atoms with Crippen molar-refractivity contribution in [2.24, 2.45) is 10.7 Å². The normalized spacial score (nSPS) is 18.4. The fourth-order valence-corrected chi connectivity index (χ4v) is 3.68. The third-order valence-electron chi connectivity index (χ3n) is 4.84. The van der Waals surface area contributed by atoms with Gasteiger partial charge in [-0.1, -0.05) is 17.7 Å². The molecular weight excluding hydrogens is 522 g/mol. The van der Waals surface area contributed by atoms with E-state index in [2.05, 4.69) is 15.2 Å². The van der Waals surface area contributed by atoms with E-state index in [1.165, 1.54) is 6.07 Å². The summed E-state index contributed by atoms with van der Waals surface area (Å²) < 4.78 is 25.4. The van der Waals surface area contributed by atoms with Crippen LogP contribution in [0.3, 0.4) is 0 Å². The largest absolute Gasteiger partial charge is 0.497 e. The SMILES string of the molecule is COc1ccc(NC(N)=NCC(c2c(F)cccc2Cl)N2CCOC(C)C2)cc1.I. The van der Waals surface area contributed by atoms with E-state index in [0.717, 1.165) is 11.4 Å². The van der Waals surface area contributed by atoms with Gasteiger partial charge in [0.1, 0.15) is 11.6 Å². The number of methoxy groups -OCH3 is 1. The summed E-state index contributed by atoms with van der Waals surface area (Å²) in [5.41, 5.74) is 7.29. The number of benzene rings is 2. The van der Waals surface area contributed by atoms with Crippen LogP contribution in [0.5, 0.6) is 5.75 Å². The van der Waals surface area contributed by atoms with Gasteiger partial charge in [0.2, 0.25) is 0 Å². The second-order valence-corrected chi connectivity index (χ2v) is 7.31. The number of ether oxygens (including phenoxy) is 2. The number of nitrogens with one attached hydrogen (secondary N) is 1. The van der Waals surface area contributed by atoms with Gasteiger partial charge in [0.25, 0.3) is 0 Å². The second-order valence-electron chi connectivity index (χ2n) is 6.91. The number of hydrogen-bond donors (Lipinski definition) is 2. The van der Waals surface area contributed by atoms with Crippen molar-refractivity contribution >= 4 is 47.2 Å². The van der Waals surface area contributed by atoms with E-state index in [1.807, 2.05) is 31.2 Å². The summed E-state index contributed by atoms with van der Waals surface area (Å²) in [6, 6.07) is 11.7. The lowest BCUT2D eigenvalue weighted by Crippen LogP contribution is -2.44. The average Bonchev–Trinajstić information content (AvgIpc) is 2.70. The van der Waals surface area contributed by atoms with Crippen LogP contribution in [0.2, 0.25) is 5.02 Å². The summed E-state index contributed by atoms with van der Waals surface area (Å²) in [6.07, 6.45) is 0.0514. The van der Waals surface area contributed by atoms with E-state index in [1.54, 1.807) is 19.2 Å². The van der Waals surface area contributed by atoms with Gasteiger partial charge in [-0.3, -0.25) is 9.89 Å². The van der Waals surface area contributed by atoms with Crippen LogP contribution in [0.25, 0.3) is 0 Å². The van der Waals surface area contributed by atoms with E-state index in [0.29, 0.717) is 30.3 Å². The predicted molar refractivity (Wildman–Crippen MR) is 130 cm³/mol. The minimum absolute atomic E-state index is 0. The lowest BCUT2D eigenvalue weighted by atomic mass is 10.0. The van der Waals surface area contributed by atoms with Crippen LogP contribution in [0.15, 0.2) is 47.5 Å². The molecule has 2 unspecified atom stereocenters. The summed E-state index contributed by atoms with van der Waals surface area (Å²) in [4.78, 5) is 6.61. The van der Waals surface area contributed by atoms with Crippen LogP contribution in [0.4, 0.5) is 10.1 Å². The fourth-order valence-electron chi connectivity index (χ4n) is 3.39. The fraction of sp³-hybridized carbons (Fsp3) is 0.381. The molecular formula is C21H27ClFIN4O2. The van der Waals surface area contributed by atoms with Crippen molar-refractivity contribution in [3.8, 4) is 5.75 Å². The Morgan fingerprint density at radius 2 is 2.10 bits per heavy atom. The molecule has 0 bridgehead atoms. The molecule has 1 aliphatic rings. The Balaban J connectivity index is 0.00000320. The van der Waals surface area contributed by atoms with Gasteiger partial charge in [-0.15, -0.1) is 24.0 Å². The van der Waals surface area contributed by atoms with Crippen molar-refractivity contribution in [1.82, 2.24) is 4.90 Å². The van der Waals surface area contributed by atoms with Gasteiger partial charge in [0, 0.05) is 29.4 Å². The van der Waals surface area contributed by atoms with E-state index in [9.17, 15) is 4.39 Å². The van der Waals surface area contributed by atoms with Crippen LogP contribution in [0.1, 0.15) is 18.5 Å². The number of nitrogens with zero attached hydrogens (tertiary/aromatic N) is 2. The quantitative estimate of drug-likeness (QED) is 0.320. The molecule has 0 aromatic heterocycles. The Bertz CT molecular complexity index is 833. The molecule has 30 heavy (non-hydrogen) atoms. The van der Waals surface area contributed by atoms with Crippen LogP contribution in [-0.2, 0) is 4.74 Å². The highest BCUT2D eigenvalue weighted by Gasteiger charge is 2.29. The molecule has 0 radical (unpaired) electrons. The van der Waals surface area contributed by atoms with Gasteiger partial charge in [0.15, 0.2) is 5.96 Å². The van der Waals surface area contributed by atoms with E-state index >= 15 is 0 Å². The molecule has 0 saturated carbocycles. The second kappa shape index (κ2) is 11.7. The average molecular weight is 549 g/mol. The number of morpholine rings is 1. The van der Waals surface area contributed by atoms with Crippen LogP contribution in [-0.4, -0.2) is 50.3 Å². The van der Waals surface area contributed by atoms with Crippen LogP contribution in [0, 0.1) is 5.82 Å². The zero-order chi connectivity index (χ0) is 20.8. The third kappa shape index (κ3) is 6.44. The molecule has 3 rings (SSSR count). The number of hydrogen-bond acceptors (Lipinski definition) is 4. The molecule has 1 aliphatic heterocycles.